The lowest BCUT2D eigenvalue weighted by molar-refractivity contribution is -0.131. The number of nitrogens with zero attached hydrogens (tertiary/aromatic N) is 4. The van der Waals surface area contributed by atoms with E-state index in [1.54, 1.807) is 12.4 Å². The number of carbonyl (C=O) groups is 1. The normalized spacial score (nSPS) is 15.1. The minimum atomic E-state index is 0.255. The molecule has 0 unspecified atom stereocenters. The molecular formula is C21H25N5O. The highest BCUT2D eigenvalue weighted by Gasteiger charge is 2.20. The van der Waals surface area contributed by atoms with E-state index in [-0.39, 0.29) is 5.91 Å². The molecule has 3 heterocycles. The van der Waals surface area contributed by atoms with Gasteiger partial charge in [-0.3, -0.25) is 4.79 Å². The van der Waals surface area contributed by atoms with E-state index in [4.69, 9.17) is 0 Å². The number of nitrogens with one attached hydrogen (secondary N) is 1. The SMILES string of the molecule is O=C(CCCc1c[nH]c2ccccc12)N1CCCN(c2ncccn2)CC1. The van der Waals surface area contributed by atoms with Gasteiger partial charge in [-0.2, -0.15) is 0 Å². The van der Waals surface area contributed by atoms with Gasteiger partial charge >= 0.3 is 0 Å². The maximum atomic E-state index is 12.7. The molecule has 0 aliphatic carbocycles. The number of hydrogen-bond acceptors (Lipinski definition) is 4. The van der Waals surface area contributed by atoms with Crippen molar-refractivity contribution in [1.29, 1.82) is 0 Å². The lowest BCUT2D eigenvalue weighted by Gasteiger charge is -2.22. The predicted octanol–water partition coefficient (Wildman–Crippen LogP) is 3.02. The number of fused-ring (bicyclic) bond motifs is 1. The molecule has 140 valence electrons. The molecule has 6 heteroatoms. The third kappa shape index (κ3) is 4.10. The fraction of sp³-hybridized carbons (Fsp3) is 0.381. The lowest BCUT2D eigenvalue weighted by atomic mass is 10.1. The number of hydrogen-bond donors (Lipinski definition) is 1. The van der Waals surface area contributed by atoms with Crippen molar-refractivity contribution >= 4 is 22.8 Å². The highest BCUT2D eigenvalue weighted by atomic mass is 16.2. The molecule has 1 fully saturated rings. The first-order chi connectivity index (χ1) is 13.3. The Labute approximate surface area is 159 Å². The highest BCUT2D eigenvalue weighted by Crippen LogP contribution is 2.20. The number of rotatable bonds is 5. The van der Waals surface area contributed by atoms with Crippen molar-refractivity contribution in [2.24, 2.45) is 0 Å². The van der Waals surface area contributed by atoms with Crippen LogP contribution in [0.25, 0.3) is 10.9 Å². The van der Waals surface area contributed by atoms with Gasteiger partial charge in [-0.15, -0.1) is 0 Å². The Kier molecular flexibility index (Phi) is 5.32. The van der Waals surface area contributed by atoms with Crippen LogP contribution >= 0.6 is 0 Å². The van der Waals surface area contributed by atoms with Crippen LogP contribution in [0.2, 0.25) is 0 Å². The number of aryl methyl sites for hydroxylation is 1. The summed E-state index contributed by atoms with van der Waals surface area (Å²) in [6.07, 6.45) is 8.95. The second-order valence-corrected chi connectivity index (χ2v) is 6.98. The Morgan fingerprint density at radius 2 is 1.89 bits per heavy atom. The minimum Gasteiger partial charge on any atom is -0.361 e. The van der Waals surface area contributed by atoms with Crippen molar-refractivity contribution in [3.05, 3.63) is 54.5 Å². The molecule has 1 aromatic carbocycles. The maximum absolute atomic E-state index is 12.7. The largest absolute Gasteiger partial charge is 0.361 e. The van der Waals surface area contributed by atoms with Crippen LogP contribution in [-0.2, 0) is 11.2 Å². The number of aromatic nitrogens is 3. The van der Waals surface area contributed by atoms with E-state index in [0.29, 0.717) is 6.42 Å². The number of aromatic amines is 1. The molecule has 0 saturated carbocycles. The molecule has 0 spiro atoms. The molecule has 27 heavy (non-hydrogen) atoms. The summed E-state index contributed by atoms with van der Waals surface area (Å²) in [7, 11) is 0. The number of amides is 1. The maximum Gasteiger partial charge on any atom is 0.225 e. The van der Waals surface area contributed by atoms with E-state index >= 15 is 0 Å². The zero-order valence-corrected chi connectivity index (χ0v) is 15.5. The van der Waals surface area contributed by atoms with Crippen molar-refractivity contribution in [2.75, 3.05) is 31.1 Å². The molecule has 1 aliphatic rings. The first kappa shape index (κ1) is 17.5. The highest BCUT2D eigenvalue weighted by molar-refractivity contribution is 5.83. The number of benzene rings is 1. The first-order valence-electron chi connectivity index (χ1n) is 9.66. The van der Waals surface area contributed by atoms with E-state index < -0.39 is 0 Å². The molecule has 1 saturated heterocycles. The average Bonchev–Trinajstić information content (AvgIpc) is 2.96. The summed E-state index contributed by atoms with van der Waals surface area (Å²) in [5.41, 5.74) is 2.45. The number of H-pyrrole nitrogens is 1. The van der Waals surface area contributed by atoms with Crippen LogP contribution in [0.15, 0.2) is 48.9 Å². The van der Waals surface area contributed by atoms with Crippen LogP contribution in [-0.4, -0.2) is 51.9 Å². The first-order valence-corrected chi connectivity index (χ1v) is 9.66. The summed E-state index contributed by atoms with van der Waals surface area (Å²) >= 11 is 0. The molecule has 1 N–H and O–H groups in total. The van der Waals surface area contributed by atoms with Crippen molar-refractivity contribution in [3.63, 3.8) is 0 Å². The number of carbonyl (C=O) groups excluding carboxylic acids is 1. The third-order valence-corrected chi connectivity index (χ3v) is 5.20. The molecule has 1 amide bonds. The van der Waals surface area contributed by atoms with Gasteiger partial charge < -0.3 is 14.8 Å². The van der Waals surface area contributed by atoms with Gasteiger partial charge in [0.15, 0.2) is 0 Å². The van der Waals surface area contributed by atoms with Crippen LogP contribution in [0.5, 0.6) is 0 Å². The molecule has 2 aromatic heterocycles. The van der Waals surface area contributed by atoms with Crippen LogP contribution in [0.1, 0.15) is 24.8 Å². The summed E-state index contributed by atoms with van der Waals surface area (Å²) in [6, 6.07) is 10.1. The summed E-state index contributed by atoms with van der Waals surface area (Å²) in [5, 5.41) is 1.26. The second kappa shape index (κ2) is 8.20. The van der Waals surface area contributed by atoms with Crippen molar-refractivity contribution in [3.8, 4) is 0 Å². The van der Waals surface area contributed by atoms with Gasteiger partial charge in [0.05, 0.1) is 0 Å². The third-order valence-electron chi connectivity index (χ3n) is 5.20. The van der Waals surface area contributed by atoms with Gasteiger partial charge in [0.1, 0.15) is 0 Å². The number of para-hydroxylation sites is 1. The van der Waals surface area contributed by atoms with Gasteiger partial charge in [-0.1, -0.05) is 18.2 Å². The summed E-state index contributed by atoms with van der Waals surface area (Å²) < 4.78 is 0. The molecule has 0 atom stereocenters. The Hall–Kier alpha value is -2.89. The van der Waals surface area contributed by atoms with E-state index in [1.165, 1.54) is 10.9 Å². The lowest BCUT2D eigenvalue weighted by Crippen LogP contribution is -2.35. The second-order valence-electron chi connectivity index (χ2n) is 6.98. The molecule has 0 bridgehead atoms. The minimum absolute atomic E-state index is 0.255. The standard InChI is InChI=1S/C21H25N5O/c27-20(9-3-6-17-16-24-19-8-2-1-7-18(17)19)25-12-5-13-26(15-14-25)21-22-10-4-11-23-21/h1-2,4,7-8,10-11,16,24H,3,5-6,9,12-15H2. The van der Waals surface area contributed by atoms with Crippen LogP contribution < -0.4 is 4.90 Å². The van der Waals surface area contributed by atoms with Crippen LogP contribution in [0.4, 0.5) is 5.95 Å². The van der Waals surface area contributed by atoms with Crippen molar-refractivity contribution < 1.29 is 4.79 Å². The average molecular weight is 363 g/mol. The van der Waals surface area contributed by atoms with Gasteiger partial charge in [0.2, 0.25) is 11.9 Å². The molecule has 3 aromatic rings. The van der Waals surface area contributed by atoms with Gasteiger partial charge in [-0.05, 0) is 37.0 Å². The Morgan fingerprint density at radius 3 is 2.78 bits per heavy atom. The molecule has 1 aliphatic heterocycles. The fourth-order valence-corrected chi connectivity index (χ4v) is 3.75. The van der Waals surface area contributed by atoms with E-state index in [0.717, 1.165) is 56.9 Å². The molecular weight excluding hydrogens is 338 g/mol. The molecule has 0 radical (unpaired) electrons. The van der Waals surface area contributed by atoms with E-state index in [9.17, 15) is 4.79 Å². The summed E-state index contributed by atoms with van der Waals surface area (Å²) in [6.45, 7) is 3.24. The number of anilines is 1. The Balaban J connectivity index is 1.28. The predicted molar refractivity (Wildman–Crippen MR) is 107 cm³/mol. The summed E-state index contributed by atoms with van der Waals surface area (Å²) in [4.78, 5) is 28.8. The smallest absolute Gasteiger partial charge is 0.225 e. The summed E-state index contributed by atoms with van der Waals surface area (Å²) in [5.74, 6) is 1.01. The zero-order chi connectivity index (χ0) is 18.5. The van der Waals surface area contributed by atoms with Crippen LogP contribution in [0.3, 0.4) is 0 Å². The van der Waals surface area contributed by atoms with Crippen molar-refractivity contribution in [2.45, 2.75) is 25.7 Å². The van der Waals surface area contributed by atoms with Gasteiger partial charge in [0.25, 0.3) is 0 Å². The zero-order valence-electron chi connectivity index (χ0n) is 15.5. The Morgan fingerprint density at radius 1 is 1.04 bits per heavy atom. The molecule has 6 nitrogen and oxygen atoms in total. The van der Waals surface area contributed by atoms with Gasteiger partial charge in [-0.25, -0.2) is 9.97 Å². The van der Waals surface area contributed by atoms with Crippen molar-refractivity contribution in [1.82, 2.24) is 19.9 Å². The van der Waals surface area contributed by atoms with E-state index in [1.807, 2.05) is 17.0 Å². The van der Waals surface area contributed by atoms with Crippen LogP contribution in [0, 0.1) is 0 Å². The topological polar surface area (TPSA) is 65.1 Å². The molecule has 4 rings (SSSR count). The monoisotopic (exact) mass is 363 g/mol. The Bertz CT molecular complexity index is 892. The van der Waals surface area contributed by atoms with E-state index in [2.05, 4.69) is 44.2 Å². The van der Waals surface area contributed by atoms with Gasteiger partial charge in [0, 0.05) is 62.1 Å². The fourth-order valence-electron chi connectivity index (χ4n) is 3.75. The quantitative estimate of drug-likeness (QED) is 0.757.